The topological polar surface area (TPSA) is 359 Å². The second kappa shape index (κ2) is 34.9. The van der Waals surface area contributed by atoms with E-state index in [1.807, 2.05) is 37.3 Å². The number of carbonyl (C=O) groups excluding carboxylic acids is 2. The van der Waals surface area contributed by atoms with Crippen LogP contribution >= 0.6 is 39.1 Å². The molecule has 26 nitrogen and oxygen atoms in total. The maximum Gasteiger partial charge on any atom is 0.328 e. The highest BCUT2D eigenvalue weighted by Gasteiger charge is 2.20. The lowest BCUT2D eigenvalue weighted by atomic mass is 10.1. The first-order valence-corrected chi connectivity index (χ1v) is 33.0. The number of amides is 2. The highest BCUT2D eigenvalue weighted by atomic mass is 79.9. The van der Waals surface area contributed by atoms with Gasteiger partial charge in [0.05, 0.1) is 78.0 Å². The number of carbonyl (C=O) groups is 2. The fraction of sp³-hybridized carbons (Fsp3) is 0.111. The summed E-state index contributed by atoms with van der Waals surface area (Å²) in [4.78, 5) is 91.7. The molecule has 534 valence electrons. The molecule has 0 fully saturated rings. The van der Waals surface area contributed by atoms with Gasteiger partial charge in [-0.3, -0.25) is 39.6 Å². The van der Waals surface area contributed by atoms with Crippen molar-refractivity contribution in [1.29, 1.82) is 0 Å². The molecule has 9 N–H and O–H groups in total. The number of aryl methyl sites for hydroxylation is 2. The number of anilines is 1. The van der Waals surface area contributed by atoms with E-state index in [-0.39, 0.29) is 44.1 Å². The number of nitrogens with one attached hydrogen (secondary N) is 7. The molecule has 10 aromatic heterocycles. The Kier molecular flexibility index (Phi) is 24.9. The Morgan fingerprint density at radius 3 is 1.37 bits per heavy atom. The summed E-state index contributed by atoms with van der Waals surface area (Å²) >= 11 is 14.2. The Labute approximate surface area is 609 Å². The second-order valence-electron chi connectivity index (χ2n) is 22.3. The Morgan fingerprint density at radius 1 is 0.533 bits per heavy atom. The molecule has 5 aromatic carbocycles. The summed E-state index contributed by atoms with van der Waals surface area (Å²) in [6.07, 6.45) is 9.12. The zero-order valence-electron chi connectivity index (χ0n) is 55.7. The third kappa shape index (κ3) is 18.6. The highest BCUT2D eigenvalue weighted by Crippen LogP contribution is 2.28. The molecule has 15 rings (SSSR count). The van der Waals surface area contributed by atoms with Crippen molar-refractivity contribution >= 4 is 100 Å². The molecule has 0 bridgehead atoms. The summed E-state index contributed by atoms with van der Waals surface area (Å²) in [5.41, 5.74) is 12.9. The Hall–Kier alpha value is -12.6. The van der Waals surface area contributed by atoms with E-state index in [0.29, 0.717) is 110 Å². The predicted molar refractivity (Wildman–Crippen MR) is 395 cm³/mol. The average molecular weight is 1530 g/mol. The monoisotopic (exact) mass is 1530 g/mol. The quantitative estimate of drug-likeness (QED) is 0.0466. The first-order chi connectivity index (χ1) is 50.6. The average Bonchev–Trinajstić information content (AvgIpc) is 1.68. The Bertz CT molecular complexity index is 5820. The third-order valence-corrected chi connectivity index (χ3v) is 16.4. The lowest BCUT2D eigenvalue weighted by molar-refractivity contribution is 0.186. The normalized spacial score (nSPS) is 10.7. The zero-order valence-corrected chi connectivity index (χ0v) is 58.8. The standard InChI is InChI=1S/C20H15FN4O2.C15H13FN4O2.C15H14FN3O2.C12H8FN3O.C5H4BrClN2.C5H6ClN3/c21-15-8-4-7-14(11-15)18-17-16(23-24-18)9-10-25(19(17)26)20(27)22-12-13-5-2-1-3-6-13;1-2-17-15(22)20-7-6-11-12(14(20)21)13(19-18-11)9-4-3-5-10(16)8-9;1-21-8-7-19-6-5-12-13(15(19)20)14(18-17-12)10-3-2-4-11(16)9-10;13-8-3-1-2-7(6-8)11-10-9(15-16-11)4-5-14-12(10)17;1-3-4(6)2-8-5(7)9-3;1-3-4(7)2-8-5(6)9-3/h1-11H,12H2,(H,22,27)(H,23,24);3-8H,2H2,1H3,(H,17,22)(H,18,19);2-6,9H,7-8H2,1H3,(H,17,18);1-6H,(H,14,17)(H,15,16);2H,1H3;2H,7H2,1H3. The molecule has 105 heavy (non-hydrogen) atoms. The van der Waals surface area contributed by atoms with E-state index in [9.17, 15) is 46.3 Å². The van der Waals surface area contributed by atoms with Crippen molar-refractivity contribution in [2.24, 2.45) is 0 Å². The summed E-state index contributed by atoms with van der Waals surface area (Å²) in [7, 11) is 1.58. The van der Waals surface area contributed by atoms with Crippen LogP contribution in [0.15, 0.2) is 212 Å². The largest absolute Gasteiger partial charge is 0.396 e. The minimum absolute atomic E-state index is 0.169. The lowest BCUT2D eigenvalue weighted by Gasteiger charge is -2.07. The Balaban J connectivity index is 0.000000140. The minimum Gasteiger partial charge on any atom is -0.396 e. The van der Waals surface area contributed by atoms with E-state index in [1.165, 1.54) is 79.4 Å². The van der Waals surface area contributed by atoms with Gasteiger partial charge < -0.3 is 30.7 Å². The van der Waals surface area contributed by atoms with Crippen molar-refractivity contribution in [3.8, 4) is 45.0 Å². The number of halogens is 7. The molecular formula is C72H60BrCl2F4N19O7. The van der Waals surface area contributed by atoms with E-state index < -0.39 is 34.8 Å². The van der Waals surface area contributed by atoms with Crippen molar-refractivity contribution in [1.82, 2.24) is 90.0 Å². The van der Waals surface area contributed by atoms with Crippen LogP contribution in [0, 0.1) is 37.1 Å². The summed E-state index contributed by atoms with van der Waals surface area (Å²) in [6, 6.07) is 38.6. The molecule has 0 unspecified atom stereocenters. The van der Waals surface area contributed by atoms with E-state index in [4.69, 9.17) is 33.7 Å². The molecule has 33 heteroatoms. The number of H-pyrrole nitrogens is 5. The SMILES string of the molecule is CCNC(=O)n1ccc2[nH]nc(-c3cccc(F)c3)c2c1=O.COCCn1ccc2[nH]nc(-c3cccc(F)c3)c2c1=O.Cc1nc(Cl)ncc1Br.Cc1nc(Cl)ncc1N.O=C(NCc1ccccc1)n1ccc2[nH]nc(-c3cccc(F)c3)c2c1=O.O=c1[nH]ccc2[nH]nc(-c3cccc(F)c3)c12. The van der Waals surface area contributed by atoms with Crippen molar-refractivity contribution in [3.63, 3.8) is 0 Å². The number of hydrogen-bond donors (Lipinski definition) is 8. The molecule has 10 heterocycles. The molecule has 0 radical (unpaired) electrons. The molecule has 0 saturated heterocycles. The molecular weight excluding hydrogens is 1470 g/mol. The van der Waals surface area contributed by atoms with Crippen LogP contribution < -0.4 is 38.6 Å². The molecule has 15 aromatic rings. The maximum atomic E-state index is 13.5. The second-order valence-corrected chi connectivity index (χ2v) is 23.8. The number of ether oxygens (including phenoxy) is 1. The van der Waals surface area contributed by atoms with Gasteiger partial charge in [0.25, 0.3) is 22.2 Å². The number of aromatic nitrogens is 16. The van der Waals surface area contributed by atoms with Gasteiger partial charge in [0, 0.05) is 80.0 Å². The van der Waals surface area contributed by atoms with E-state index >= 15 is 0 Å². The van der Waals surface area contributed by atoms with Crippen molar-refractivity contribution < 1.29 is 31.9 Å². The molecule has 0 saturated carbocycles. The van der Waals surface area contributed by atoms with Gasteiger partial charge in [0.1, 0.15) is 46.0 Å². The van der Waals surface area contributed by atoms with Crippen LogP contribution in [-0.2, 0) is 17.8 Å². The van der Waals surface area contributed by atoms with Gasteiger partial charge in [0.15, 0.2) is 0 Å². The third-order valence-electron chi connectivity index (χ3n) is 15.3. The number of fused-ring (bicyclic) bond motifs is 4. The smallest absolute Gasteiger partial charge is 0.328 e. The zero-order chi connectivity index (χ0) is 74.8. The van der Waals surface area contributed by atoms with Crippen LogP contribution in [-0.4, -0.2) is 112 Å². The lowest BCUT2D eigenvalue weighted by Crippen LogP contribution is -2.35. The number of benzene rings is 5. The summed E-state index contributed by atoms with van der Waals surface area (Å²) in [5, 5.41) is 34.6. The highest BCUT2D eigenvalue weighted by molar-refractivity contribution is 9.10. The number of nitrogens with two attached hydrogens (primary N) is 1. The number of rotatable bonds is 10. The van der Waals surface area contributed by atoms with Gasteiger partial charge in [-0.15, -0.1) is 0 Å². The van der Waals surface area contributed by atoms with Crippen LogP contribution in [0.25, 0.3) is 88.6 Å². The molecule has 0 atom stereocenters. The minimum atomic E-state index is -0.544. The molecule has 2 amide bonds. The predicted octanol–water partition coefficient (Wildman–Crippen LogP) is 12.9. The fourth-order valence-electron chi connectivity index (χ4n) is 10.1. The van der Waals surface area contributed by atoms with Gasteiger partial charge in [-0.1, -0.05) is 78.9 Å². The van der Waals surface area contributed by atoms with Crippen LogP contribution in [0.5, 0.6) is 0 Å². The first kappa shape index (κ1) is 75.1. The van der Waals surface area contributed by atoms with Crippen molar-refractivity contribution in [2.75, 3.05) is 26.0 Å². The summed E-state index contributed by atoms with van der Waals surface area (Å²) in [6.45, 7) is 7.01. The van der Waals surface area contributed by atoms with Crippen LogP contribution in [0.3, 0.4) is 0 Å². The van der Waals surface area contributed by atoms with Crippen LogP contribution in [0.2, 0.25) is 10.6 Å². The number of nitrogen functional groups attached to an aromatic ring is 1. The molecule has 0 spiro atoms. The Morgan fingerprint density at radius 2 is 0.952 bits per heavy atom. The molecule has 0 aliphatic heterocycles. The van der Waals surface area contributed by atoms with Crippen molar-refractivity contribution in [2.45, 2.75) is 33.9 Å². The maximum absolute atomic E-state index is 13.5. The number of pyridine rings is 4. The van der Waals surface area contributed by atoms with Gasteiger partial charge in [-0.25, -0.2) is 56.2 Å². The fourth-order valence-corrected chi connectivity index (χ4v) is 10.7. The number of aromatic amines is 5. The van der Waals surface area contributed by atoms with Gasteiger partial charge in [-0.05, 0) is 138 Å². The first-order valence-electron chi connectivity index (χ1n) is 31.5. The summed E-state index contributed by atoms with van der Waals surface area (Å²) < 4.78 is 62.8. The van der Waals surface area contributed by atoms with E-state index in [1.54, 1.807) is 105 Å². The van der Waals surface area contributed by atoms with E-state index in [0.717, 1.165) is 30.6 Å². The summed E-state index contributed by atoms with van der Waals surface area (Å²) in [5.74, 6) is -1.57. The van der Waals surface area contributed by atoms with Gasteiger partial charge in [0.2, 0.25) is 10.6 Å². The molecule has 0 aliphatic rings. The van der Waals surface area contributed by atoms with Crippen molar-refractivity contribution in [3.05, 3.63) is 286 Å². The van der Waals surface area contributed by atoms with Gasteiger partial charge in [-0.2, -0.15) is 20.4 Å². The number of methoxy groups -OCH3 is 1. The number of hydrogen-bond acceptors (Lipinski definition) is 16. The number of nitrogens with zero attached hydrogens (tertiary/aromatic N) is 11. The molecule has 0 aliphatic carbocycles. The van der Waals surface area contributed by atoms with Crippen LogP contribution in [0.4, 0.5) is 32.8 Å². The van der Waals surface area contributed by atoms with Gasteiger partial charge >= 0.3 is 12.1 Å². The van der Waals surface area contributed by atoms with Crippen LogP contribution in [0.1, 0.15) is 23.9 Å². The van der Waals surface area contributed by atoms with E-state index in [2.05, 4.69) is 92.3 Å².